The summed E-state index contributed by atoms with van der Waals surface area (Å²) in [5, 5.41) is 0. The van der Waals surface area contributed by atoms with E-state index in [-0.39, 0.29) is 5.78 Å². The highest BCUT2D eigenvalue weighted by atomic mass is 127. The molecule has 1 aromatic rings. The van der Waals surface area contributed by atoms with Crippen molar-refractivity contribution in [1.82, 2.24) is 0 Å². The van der Waals surface area contributed by atoms with Gasteiger partial charge in [0.05, 0.1) is 5.56 Å². The topological polar surface area (TPSA) is 43.4 Å². The van der Waals surface area contributed by atoms with Crippen molar-refractivity contribution in [2.45, 2.75) is 52.1 Å². The molecule has 0 spiro atoms. The Morgan fingerprint density at radius 3 is 2.50 bits per heavy atom. The summed E-state index contributed by atoms with van der Waals surface area (Å²) in [6.07, 6.45) is 3.11. The lowest BCUT2D eigenvalue weighted by Crippen LogP contribution is -2.27. The fourth-order valence-corrected chi connectivity index (χ4v) is 2.49. The van der Waals surface area contributed by atoms with E-state index in [1.807, 2.05) is 26.0 Å². The van der Waals surface area contributed by atoms with Crippen LogP contribution in [-0.4, -0.2) is 17.9 Å². The molecule has 0 N–H and O–H groups in total. The van der Waals surface area contributed by atoms with E-state index in [1.165, 1.54) is 0 Å². The first-order chi connectivity index (χ1) is 9.60. The van der Waals surface area contributed by atoms with Crippen LogP contribution in [0.3, 0.4) is 0 Å². The van der Waals surface area contributed by atoms with Gasteiger partial charge in [-0.1, -0.05) is 38.8 Å². The van der Waals surface area contributed by atoms with Crippen molar-refractivity contribution in [3.63, 3.8) is 0 Å². The molecule has 110 valence electrons. The Hall–Kier alpha value is -0.910. The molecular weight excluding hydrogens is 367 g/mol. The molecule has 1 aromatic carbocycles. The highest BCUT2D eigenvalue weighted by Crippen LogP contribution is 2.16. The van der Waals surface area contributed by atoms with Crippen LogP contribution in [0.5, 0.6) is 0 Å². The van der Waals surface area contributed by atoms with Crippen molar-refractivity contribution in [2.24, 2.45) is 0 Å². The van der Waals surface area contributed by atoms with E-state index in [2.05, 4.69) is 22.6 Å². The van der Waals surface area contributed by atoms with Crippen LogP contribution in [0.2, 0.25) is 0 Å². The van der Waals surface area contributed by atoms with Crippen LogP contribution in [0.1, 0.15) is 56.3 Å². The van der Waals surface area contributed by atoms with Crippen molar-refractivity contribution in [3.05, 3.63) is 33.4 Å². The van der Waals surface area contributed by atoms with Gasteiger partial charge < -0.3 is 4.74 Å². The maximum Gasteiger partial charge on any atom is 0.339 e. The molecular formula is C16H21IO3. The molecule has 1 unspecified atom stereocenters. The Balaban J connectivity index is 2.72. The van der Waals surface area contributed by atoms with Gasteiger partial charge in [-0.2, -0.15) is 0 Å². The minimum Gasteiger partial charge on any atom is -0.451 e. The summed E-state index contributed by atoms with van der Waals surface area (Å²) in [4.78, 5) is 24.2. The van der Waals surface area contributed by atoms with Crippen molar-refractivity contribution < 1.29 is 14.3 Å². The normalized spacial score (nSPS) is 11.9. The molecule has 0 saturated carbocycles. The van der Waals surface area contributed by atoms with Gasteiger partial charge in [-0.05, 0) is 47.6 Å². The SMILES string of the molecule is CCCCC(=O)C(CCC)OC(=O)c1ccccc1I. The molecule has 1 rings (SSSR count). The Bertz CT molecular complexity index is 457. The van der Waals surface area contributed by atoms with E-state index in [4.69, 9.17) is 4.74 Å². The van der Waals surface area contributed by atoms with Crippen molar-refractivity contribution in [2.75, 3.05) is 0 Å². The van der Waals surface area contributed by atoms with E-state index >= 15 is 0 Å². The molecule has 1 atom stereocenters. The lowest BCUT2D eigenvalue weighted by molar-refractivity contribution is -0.128. The minimum atomic E-state index is -0.602. The average Bonchev–Trinajstić information content (AvgIpc) is 2.44. The number of esters is 1. The van der Waals surface area contributed by atoms with Crippen molar-refractivity contribution in [1.29, 1.82) is 0 Å². The zero-order valence-corrected chi connectivity index (χ0v) is 14.2. The van der Waals surface area contributed by atoms with Gasteiger partial charge in [0.1, 0.15) is 0 Å². The second-order valence-electron chi connectivity index (χ2n) is 4.73. The number of ketones is 1. The molecule has 3 nitrogen and oxygen atoms in total. The molecule has 0 aromatic heterocycles. The quantitative estimate of drug-likeness (QED) is 0.491. The van der Waals surface area contributed by atoms with Crippen molar-refractivity contribution >= 4 is 34.3 Å². The number of halogens is 1. The first-order valence-corrected chi connectivity index (χ1v) is 8.16. The van der Waals surface area contributed by atoms with Crippen LogP contribution in [0.4, 0.5) is 0 Å². The summed E-state index contributed by atoms with van der Waals surface area (Å²) in [6.45, 7) is 4.03. The number of hydrogen-bond acceptors (Lipinski definition) is 3. The van der Waals surface area contributed by atoms with Crippen LogP contribution >= 0.6 is 22.6 Å². The van der Waals surface area contributed by atoms with Crippen LogP contribution in [0.25, 0.3) is 0 Å². The molecule has 0 saturated heterocycles. The molecule has 20 heavy (non-hydrogen) atoms. The predicted octanol–water partition coefficient (Wildman–Crippen LogP) is 4.38. The summed E-state index contributed by atoms with van der Waals surface area (Å²) in [5.74, 6) is -0.369. The van der Waals surface area contributed by atoms with Crippen molar-refractivity contribution in [3.8, 4) is 0 Å². The third-order valence-corrected chi connectivity index (χ3v) is 3.97. The second-order valence-corrected chi connectivity index (χ2v) is 5.89. The van der Waals surface area contributed by atoms with E-state index in [1.54, 1.807) is 12.1 Å². The Morgan fingerprint density at radius 2 is 1.90 bits per heavy atom. The number of ether oxygens (including phenoxy) is 1. The summed E-state index contributed by atoms with van der Waals surface area (Å²) in [7, 11) is 0. The summed E-state index contributed by atoms with van der Waals surface area (Å²) in [6, 6.07) is 7.25. The molecule has 0 bridgehead atoms. The number of benzene rings is 1. The minimum absolute atomic E-state index is 0.0352. The molecule has 0 aliphatic heterocycles. The second kappa shape index (κ2) is 9.10. The zero-order chi connectivity index (χ0) is 15.0. The molecule has 0 aliphatic carbocycles. The van der Waals surface area contributed by atoms with Gasteiger partial charge in [-0.15, -0.1) is 0 Å². The van der Waals surface area contributed by atoms with Crippen LogP contribution in [0, 0.1) is 3.57 Å². The van der Waals surface area contributed by atoms with Gasteiger partial charge in [0, 0.05) is 9.99 Å². The zero-order valence-electron chi connectivity index (χ0n) is 12.0. The number of unbranched alkanes of at least 4 members (excludes halogenated alkanes) is 1. The molecule has 0 aliphatic rings. The summed E-state index contributed by atoms with van der Waals surface area (Å²) < 4.78 is 6.26. The smallest absolute Gasteiger partial charge is 0.339 e. The van der Waals surface area contributed by atoms with E-state index < -0.39 is 12.1 Å². The largest absolute Gasteiger partial charge is 0.451 e. The third kappa shape index (κ3) is 5.23. The molecule has 4 heteroatoms. The van der Waals surface area contributed by atoms with Crippen LogP contribution < -0.4 is 0 Å². The molecule has 0 heterocycles. The monoisotopic (exact) mass is 388 g/mol. The average molecular weight is 388 g/mol. The third-order valence-electron chi connectivity index (χ3n) is 3.03. The van der Waals surface area contributed by atoms with Gasteiger partial charge in [0.2, 0.25) is 0 Å². The number of carbonyl (C=O) groups is 2. The maximum absolute atomic E-state index is 12.1. The van der Waals surface area contributed by atoms with Crippen LogP contribution in [-0.2, 0) is 9.53 Å². The van der Waals surface area contributed by atoms with E-state index in [0.717, 1.165) is 22.8 Å². The lowest BCUT2D eigenvalue weighted by atomic mass is 10.0. The number of Topliss-reactive ketones (excluding diaryl/α,β-unsaturated/α-hetero) is 1. The fraction of sp³-hybridized carbons (Fsp3) is 0.500. The fourth-order valence-electron chi connectivity index (χ4n) is 1.88. The number of hydrogen-bond donors (Lipinski definition) is 0. The van der Waals surface area contributed by atoms with Gasteiger partial charge in [0.25, 0.3) is 0 Å². The first kappa shape index (κ1) is 17.1. The predicted molar refractivity (Wildman–Crippen MR) is 87.8 cm³/mol. The van der Waals surface area contributed by atoms with E-state index in [9.17, 15) is 9.59 Å². The van der Waals surface area contributed by atoms with Crippen LogP contribution in [0.15, 0.2) is 24.3 Å². The molecule has 0 amide bonds. The van der Waals surface area contributed by atoms with Gasteiger partial charge in [-0.25, -0.2) is 4.79 Å². The highest BCUT2D eigenvalue weighted by Gasteiger charge is 2.23. The Kier molecular flexibility index (Phi) is 7.80. The molecule has 0 fully saturated rings. The molecule has 0 radical (unpaired) electrons. The summed E-state index contributed by atoms with van der Waals surface area (Å²) >= 11 is 2.10. The van der Waals surface area contributed by atoms with E-state index in [0.29, 0.717) is 18.4 Å². The lowest BCUT2D eigenvalue weighted by Gasteiger charge is -2.16. The number of carbonyl (C=O) groups excluding carboxylic acids is 2. The Labute approximate surface area is 134 Å². The number of rotatable bonds is 8. The summed E-state index contributed by atoms with van der Waals surface area (Å²) in [5.41, 5.74) is 0.525. The highest BCUT2D eigenvalue weighted by molar-refractivity contribution is 14.1. The standard InChI is InChI=1S/C16H21IO3/c1-3-5-11-14(18)15(8-4-2)20-16(19)12-9-6-7-10-13(12)17/h6-7,9-10,15H,3-5,8,11H2,1-2H3. The van der Waals surface area contributed by atoms with Gasteiger partial charge in [-0.3, -0.25) is 4.79 Å². The Morgan fingerprint density at radius 1 is 1.20 bits per heavy atom. The first-order valence-electron chi connectivity index (χ1n) is 7.08. The van der Waals surface area contributed by atoms with Gasteiger partial charge in [0.15, 0.2) is 11.9 Å². The van der Waals surface area contributed by atoms with Gasteiger partial charge >= 0.3 is 5.97 Å². The maximum atomic E-state index is 12.1.